The molecule has 1 saturated heterocycles. The second-order valence-corrected chi connectivity index (χ2v) is 2.91. The van der Waals surface area contributed by atoms with Crippen molar-refractivity contribution in [1.29, 1.82) is 0 Å². The summed E-state index contributed by atoms with van der Waals surface area (Å²) in [6, 6.07) is 0. The first kappa shape index (κ1) is 9.48. The highest BCUT2D eigenvalue weighted by atomic mass is 16.5. The van der Waals surface area contributed by atoms with Gasteiger partial charge in [0.1, 0.15) is 0 Å². The van der Waals surface area contributed by atoms with Gasteiger partial charge in [0, 0.05) is 19.6 Å². The summed E-state index contributed by atoms with van der Waals surface area (Å²) in [4.78, 5) is 13.1. The van der Waals surface area contributed by atoms with Crippen LogP contribution in [0.25, 0.3) is 0 Å². The molecule has 0 aromatic carbocycles. The van der Waals surface area contributed by atoms with Gasteiger partial charge in [0.05, 0.1) is 19.1 Å². The Bertz CT molecular complexity index is 161. The van der Waals surface area contributed by atoms with Crippen molar-refractivity contribution in [2.75, 3.05) is 26.2 Å². The van der Waals surface area contributed by atoms with Gasteiger partial charge in [0.15, 0.2) is 0 Å². The van der Waals surface area contributed by atoms with Crippen molar-refractivity contribution in [2.45, 2.75) is 19.4 Å². The highest BCUT2D eigenvalue weighted by Gasteiger charge is 2.20. The molecular formula is C8H16N2O2. The molecule has 0 spiro atoms. The zero-order chi connectivity index (χ0) is 8.97. The van der Waals surface area contributed by atoms with E-state index in [0.717, 1.165) is 6.54 Å². The van der Waals surface area contributed by atoms with Crippen molar-refractivity contribution >= 4 is 5.91 Å². The largest absolute Gasteiger partial charge is 0.375 e. The minimum atomic E-state index is 0.0244. The van der Waals surface area contributed by atoms with Gasteiger partial charge in [-0.15, -0.1) is 0 Å². The SMILES string of the molecule is CCN1CC(CN)OCCC1=O. The van der Waals surface area contributed by atoms with Crippen LogP contribution in [0.2, 0.25) is 0 Å². The Kier molecular flexibility index (Phi) is 3.49. The van der Waals surface area contributed by atoms with Crippen LogP contribution >= 0.6 is 0 Å². The third-order valence-electron chi connectivity index (χ3n) is 2.09. The van der Waals surface area contributed by atoms with Crippen molar-refractivity contribution in [2.24, 2.45) is 5.73 Å². The van der Waals surface area contributed by atoms with Crippen LogP contribution in [0.15, 0.2) is 0 Å². The molecule has 0 aromatic heterocycles. The third-order valence-corrected chi connectivity index (χ3v) is 2.09. The first-order valence-corrected chi connectivity index (χ1v) is 4.37. The number of ether oxygens (including phenoxy) is 1. The highest BCUT2D eigenvalue weighted by molar-refractivity contribution is 5.76. The van der Waals surface area contributed by atoms with Gasteiger partial charge in [-0.3, -0.25) is 4.79 Å². The molecule has 1 rings (SSSR count). The van der Waals surface area contributed by atoms with E-state index < -0.39 is 0 Å². The van der Waals surface area contributed by atoms with Crippen molar-refractivity contribution < 1.29 is 9.53 Å². The van der Waals surface area contributed by atoms with Crippen LogP contribution in [0.1, 0.15) is 13.3 Å². The maximum absolute atomic E-state index is 11.3. The van der Waals surface area contributed by atoms with Crippen LogP contribution in [0.4, 0.5) is 0 Å². The number of hydrogen-bond acceptors (Lipinski definition) is 3. The van der Waals surface area contributed by atoms with Crippen LogP contribution in [0, 0.1) is 0 Å². The molecule has 0 aliphatic carbocycles. The van der Waals surface area contributed by atoms with E-state index in [4.69, 9.17) is 10.5 Å². The van der Waals surface area contributed by atoms with E-state index in [1.54, 1.807) is 4.90 Å². The summed E-state index contributed by atoms with van der Waals surface area (Å²) in [5, 5.41) is 0. The second-order valence-electron chi connectivity index (χ2n) is 2.91. The Morgan fingerprint density at radius 2 is 2.50 bits per heavy atom. The molecule has 70 valence electrons. The lowest BCUT2D eigenvalue weighted by Crippen LogP contribution is -2.38. The molecular weight excluding hydrogens is 156 g/mol. The average Bonchev–Trinajstić information content (AvgIpc) is 2.27. The fourth-order valence-corrected chi connectivity index (χ4v) is 1.32. The molecule has 1 heterocycles. The number of rotatable bonds is 2. The van der Waals surface area contributed by atoms with Crippen LogP contribution in [0.3, 0.4) is 0 Å². The van der Waals surface area contributed by atoms with E-state index in [9.17, 15) is 4.79 Å². The summed E-state index contributed by atoms with van der Waals surface area (Å²) in [7, 11) is 0. The number of amides is 1. The predicted octanol–water partition coefficient (Wildman–Crippen LogP) is -0.417. The molecule has 1 aliphatic rings. The molecule has 4 heteroatoms. The summed E-state index contributed by atoms with van der Waals surface area (Å²) >= 11 is 0. The van der Waals surface area contributed by atoms with E-state index in [2.05, 4.69) is 0 Å². The molecule has 1 fully saturated rings. The lowest BCUT2D eigenvalue weighted by atomic mass is 10.3. The quantitative estimate of drug-likeness (QED) is 0.615. The first-order chi connectivity index (χ1) is 5.77. The van der Waals surface area contributed by atoms with E-state index >= 15 is 0 Å². The molecule has 1 unspecified atom stereocenters. The number of carbonyl (C=O) groups excluding carboxylic acids is 1. The van der Waals surface area contributed by atoms with Gasteiger partial charge in [0.25, 0.3) is 0 Å². The Morgan fingerprint density at radius 3 is 3.08 bits per heavy atom. The summed E-state index contributed by atoms with van der Waals surface area (Å²) in [5.41, 5.74) is 5.47. The van der Waals surface area contributed by atoms with E-state index in [1.807, 2.05) is 6.92 Å². The van der Waals surface area contributed by atoms with E-state index in [1.165, 1.54) is 0 Å². The number of likely N-dealkylation sites (N-methyl/N-ethyl adjacent to an activating group) is 1. The number of nitrogens with two attached hydrogens (primary N) is 1. The smallest absolute Gasteiger partial charge is 0.224 e. The van der Waals surface area contributed by atoms with Crippen LogP contribution in [-0.2, 0) is 9.53 Å². The number of carbonyl (C=O) groups is 1. The standard InChI is InChI=1S/C8H16N2O2/c1-2-10-6-7(5-9)12-4-3-8(10)11/h7H,2-6,9H2,1H3. The minimum absolute atomic E-state index is 0.0244. The number of nitrogens with zero attached hydrogens (tertiary/aromatic N) is 1. The van der Waals surface area contributed by atoms with E-state index in [-0.39, 0.29) is 12.0 Å². The first-order valence-electron chi connectivity index (χ1n) is 4.37. The van der Waals surface area contributed by atoms with Crippen LogP contribution in [0.5, 0.6) is 0 Å². The molecule has 1 atom stereocenters. The Morgan fingerprint density at radius 1 is 1.75 bits per heavy atom. The predicted molar refractivity (Wildman–Crippen MR) is 45.7 cm³/mol. The van der Waals surface area contributed by atoms with Crippen molar-refractivity contribution in [3.63, 3.8) is 0 Å². The molecule has 4 nitrogen and oxygen atoms in total. The van der Waals surface area contributed by atoms with Crippen molar-refractivity contribution in [3.8, 4) is 0 Å². The van der Waals surface area contributed by atoms with Crippen LogP contribution < -0.4 is 5.73 Å². The monoisotopic (exact) mass is 172 g/mol. The molecule has 1 aliphatic heterocycles. The molecule has 0 saturated carbocycles. The third kappa shape index (κ3) is 2.19. The molecule has 0 aromatic rings. The zero-order valence-electron chi connectivity index (χ0n) is 7.45. The fourth-order valence-electron chi connectivity index (χ4n) is 1.32. The van der Waals surface area contributed by atoms with Crippen molar-refractivity contribution in [1.82, 2.24) is 4.90 Å². The van der Waals surface area contributed by atoms with Gasteiger partial charge < -0.3 is 15.4 Å². The van der Waals surface area contributed by atoms with Crippen molar-refractivity contribution in [3.05, 3.63) is 0 Å². The average molecular weight is 172 g/mol. The van der Waals surface area contributed by atoms with Gasteiger partial charge in [-0.2, -0.15) is 0 Å². The zero-order valence-corrected chi connectivity index (χ0v) is 7.45. The normalized spacial score (nSPS) is 25.7. The lowest BCUT2D eigenvalue weighted by molar-refractivity contribution is -0.130. The highest BCUT2D eigenvalue weighted by Crippen LogP contribution is 2.05. The summed E-state index contributed by atoms with van der Waals surface area (Å²) in [6.07, 6.45) is 0.515. The number of hydrogen-bond donors (Lipinski definition) is 1. The Hall–Kier alpha value is -0.610. The Labute approximate surface area is 72.7 Å². The van der Waals surface area contributed by atoms with Gasteiger partial charge in [-0.1, -0.05) is 0 Å². The summed E-state index contributed by atoms with van der Waals surface area (Å²) in [6.45, 7) is 4.36. The van der Waals surface area contributed by atoms with Gasteiger partial charge >= 0.3 is 0 Å². The summed E-state index contributed by atoms with van der Waals surface area (Å²) < 4.78 is 5.37. The maximum Gasteiger partial charge on any atom is 0.224 e. The molecule has 2 N–H and O–H groups in total. The van der Waals surface area contributed by atoms with Gasteiger partial charge in [0.2, 0.25) is 5.91 Å². The molecule has 12 heavy (non-hydrogen) atoms. The fraction of sp³-hybridized carbons (Fsp3) is 0.875. The topological polar surface area (TPSA) is 55.6 Å². The maximum atomic E-state index is 11.3. The second kappa shape index (κ2) is 4.42. The van der Waals surface area contributed by atoms with Gasteiger partial charge in [-0.25, -0.2) is 0 Å². The molecule has 0 radical (unpaired) electrons. The van der Waals surface area contributed by atoms with Gasteiger partial charge in [-0.05, 0) is 6.92 Å². The summed E-state index contributed by atoms with van der Waals surface area (Å²) in [5.74, 6) is 0.174. The van der Waals surface area contributed by atoms with Crippen LogP contribution in [-0.4, -0.2) is 43.2 Å². The lowest BCUT2D eigenvalue weighted by Gasteiger charge is -2.21. The van der Waals surface area contributed by atoms with E-state index in [0.29, 0.717) is 26.1 Å². The Balaban J connectivity index is 2.52. The minimum Gasteiger partial charge on any atom is -0.375 e. The molecule has 0 bridgehead atoms. The molecule has 1 amide bonds.